The van der Waals surface area contributed by atoms with Gasteiger partial charge in [-0.15, -0.1) is 0 Å². The molecule has 9 heteroatoms. The number of nitrogens with one attached hydrogen (secondary N) is 3. The number of amides is 2. The number of thiocarbonyl (C=S) groups is 1. The van der Waals surface area contributed by atoms with Crippen molar-refractivity contribution >= 4 is 45.1 Å². The molecule has 0 aliphatic heterocycles. The molecule has 0 aliphatic rings. The van der Waals surface area contributed by atoms with Crippen LogP contribution in [0.5, 0.6) is 11.5 Å². The van der Waals surface area contributed by atoms with Crippen molar-refractivity contribution < 1.29 is 19.1 Å². The van der Waals surface area contributed by atoms with E-state index in [-0.39, 0.29) is 11.7 Å². The normalized spacial score (nSPS) is 10.0. The quantitative estimate of drug-likeness (QED) is 0.417. The zero-order chi connectivity index (χ0) is 21.2. The summed E-state index contributed by atoms with van der Waals surface area (Å²) in [6.07, 6.45) is 0.885. The fourth-order valence-corrected chi connectivity index (χ4v) is 2.83. The molecule has 0 unspecified atom stereocenters. The number of hydrogen-bond donors (Lipinski definition) is 3. The summed E-state index contributed by atoms with van der Waals surface area (Å²) < 4.78 is 11.6. The lowest BCUT2D eigenvalue weighted by Gasteiger charge is -2.12. The monoisotopic (exact) mass is 479 g/mol. The van der Waals surface area contributed by atoms with Gasteiger partial charge in [-0.2, -0.15) is 0 Å². The summed E-state index contributed by atoms with van der Waals surface area (Å²) in [7, 11) is 0. The highest BCUT2D eigenvalue weighted by molar-refractivity contribution is 9.10. The van der Waals surface area contributed by atoms with E-state index in [1.807, 2.05) is 32.0 Å². The van der Waals surface area contributed by atoms with E-state index in [0.29, 0.717) is 28.1 Å². The number of aryl methyl sites for hydroxylation is 1. The molecule has 2 aromatic rings. The van der Waals surface area contributed by atoms with Gasteiger partial charge in [0, 0.05) is 5.56 Å². The molecule has 0 aliphatic carbocycles. The molecule has 2 amide bonds. The highest BCUT2D eigenvalue weighted by Gasteiger charge is 2.11. The van der Waals surface area contributed by atoms with Crippen LogP contribution in [0.4, 0.5) is 0 Å². The molecule has 154 valence electrons. The van der Waals surface area contributed by atoms with Crippen molar-refractivity contribution in [2.75, 3.05) is 13.2 Å². The van der Waals surface area contributed by atoms with Crippen molar-refractivity contribution in [1.82, 2.24) is 16.2 Å². The minimum Gasteiger partial charge on any atom is -0.492 e. The summed E-state index contributed by atoms with van der Waals surface area (Å²) in [6, 6.07) is 12.3. The maximum Gasteiger partial charge on any atom is 0.276 e. The van der Waals surface area contributed by atoms with Crippen molar-refractivity contribution in [3.05, 3.63) is 58.1 Å². The van der Waals surface area contributed by atoms with Crippen molar-refractivity contribution in [1.29, 1.82) is 0 Å². The van der Waals surface area contributed by atoms with Gasteiger partial charge in [0.05, 0.1) is 11.1 Å². The van der Waals surface area contributed by atoms with Gasteiger partial charge in [0.15, 0.2) is 11.7 Å². The van der Waals surface area contributed by atoms with Crippen molar-refractivity contribution in [2.24, 2.45) is 0 Å². The van der Waals surface area contributed by atoms with Gasteiger partial charge in [-0.3, -0.25) is 25.8 Å². The number of halogens is 1. The molecule has 0 saturated heterocycles. The number of rotatable bonds is 7. The third-order valence-electron chi connectivity index (χ3n) is 3.56. The van der Waals surface area contributed by atoms with Gasteiger partial charge in [-0.1, -0.05) is 19.1 Å². The van der Waals surface area contributed by atoms with Gasteiger partial charge < -0.3 is 9.47 Å². The lowest BCUT2D eigenvalue weighted by molar-refractivity contribution is -0.123. The minimum absolute atomic E-state index is 0.0404. The fourth-order valence-electron chi connectivity index (χ4n) is 2.19. The standard InChI is InChI=1S/C20H22BrN3O4S/c1-3-9-27-17-8-7-14(11-16(17)21)19(26)22-20(29)24-23-18(25)12-28-15-6-4-5-13(2)10-15/h4-8,10-11H,3,9,12H2,1-2H3,(H,23,25)(H2,22,24,26,29). The number of hydrazine groups is 1. The van der Waals surface area contributed by atoms with Gasteiger partial charge >= 0.3 is 0 Å². The Labute approximate surface area is 183 Å². The predicted octanol–water partition coefficient (Wildman–Crippen LogP) is 3.26. The highest BCUT2D eigenvalue weighted by Crippen LogP contribution is 2.26. The highest BCUT2D eigenvalue weighted by atomic mass is 79.9. The molecular weight excluding hydrogens is 458 g/mol. The van der Waals surface area contributed by atoms with Crippen LogP contribution < -0.4 is 25.6 Å². The van der Waals surface area contributed by atoms with Gasteiger partial charge in [-0.25, -0.2) is 0 Å². The lowest BCUT2D eigenvalue weighted by Crippen LogP contribution is -2.49. The Balaban J connectivity index is 1.77. The summed E-state index contributed by atoms with van der Waals surface area (Å²) in [4.78, 5) is 24.1. The van der Waals surface area contributed by atoms with Gasteiger partial charge in [0.2, 0.25) is 0 Å². The molecule has 29 heavy (non-hydrogen) atoms. The zero-order valence-corrected chi connectivity index (χ0v) is 18.5. The van der Waals surface area contributed by atoms with Crippen molar-refractivity contribution in [2.45, 2.75) is 20.3 Å². The number of ether oxygens (including phenoxy) is 2. The van der Waals surface area contributed by atoms with Crippen LogP contribution in [0.3, 0.4) is 0 Å². The first-order valence-electron chi connectivity index (χ1n) is 8.91. The number of carbonyl (C=O) groups is 2. The van der Waals surface area contributed by atoms with E-state index in [1.165, 1.54) is 0 Å². The molecule has 0 radical (unpaired) electrons. The largest absolute Gasteiger partial charge is 0.492 e. The molecule has 0 aromatic heterocycles. The molecule has 3 N–H and O–H groups in total. The molecule has 2 rings (SSSR count). The van der Waals surface area contributed by atoms with Crippen LogP contribution in [0.1, 0.15) is 29.3 Å². The smallest absolute Gasteiger partial charge is 0.276 e. The molecule has 2 aromatic carbocycles. The average molecular weight is 480 g/mol. The Morgan fingerprint density at radius 1 is 1.10 bits per heavy atom. The Bertz CT molecular complexity index is 892. The van der Waals surface area contributed by atoms with Crippen LogP contribution in [0.2, 0.25) is 0 Å². The predicted molar refractivity (Wildman–Crippen MR) is 118 cm³/mol. The van der Waals surface area contributed by atoms with Crippen molar-refractivity contribution in [3.8, 4) is 11.5 Å². The van der Waals surface area contributed by atoms with E-state index in [4.69, 9.17) is 21.7 Å². The van der Waals surface area contributed by atoms with E-state index < -0.39 is 11.8 Å². The SMILES string of the molecule is CCCOc1ccc(C(=O)NC(=S)NNC(=O)COc2cccc(C)c2)cc1Br. The first-order valence-corrected chi connectivity index (χ1v) is 10.1. The number of hydrogen-bond acceptors (Lipinski definition) is 5. The van der Waals surface area contributed by atoms with Gasteiger partial charge in [-0.05, 0) is 77.4 Å². The molecule has 0 heterocycles. The van der Waals surface area contributed by atoms with E-state index in [9.17, 15) is 9.59 Å². The minimum atomic E-state index is -0.441. The van der Waals surface area contributed by atoms with E-state index in [0.717, 1.165) is 12.0 Å². The average Bonchev–Trinajstić information content (AvgIpc) is 2.69. The first-order chi connectivity index (χ1) is 13.9. The Morgan fingerprint density at radius 2 is 1.90 bits per heavy atom. The Morgan fingerprint density at radius 3 is 2.59 bits per heavy atom. The third-order valence-corrected chi connectivity index (χ3v) is 4.38. The molecule has 0 saturated carbocycles. The number of carbonyl (C=O) groups excluding carboxylic acids is 2. The summed E-state index contributed by atoms with van der Waals surface area (Å²) in [5.41, 5.74) is 6.25. The zero-order valence-electron chi connectivity index (χ0n) is 16.1. The third kappa shape index (κ3) is 7.71. The summed E-state index contributed by atoms with van der Waals surface area (Å²) >= 11 is 8.40. The van der Waals surface area contributed by atoms with E-state index >= 15 is 0 Å². The summed E-state index contributed by atoms with van der Waals surface area (Å²) in [6.45, 7) is 4.34. The van der Waals surface area contributed by atoms with Crippen molar-refractivity contribution in [3.63, 3.8) is 0 Å². The molecule has 0 bridgehead atoms. The Kier molecular flexibility index (Phi) is 8.88. The summed E-state index contributed by atoms with van der Waals surface area (Å²) in [5.74, 6) is 0.386. The van der Waals surface area contributed by atoms with E-state index in [2.05, 4.69) is 32.1 Å². The van der Waals surface area contributed by atoms with Crippen LogP contribution in [0.25, 0.3) is 0 Å². The molecule has 0 fully saturated rings. The van der Waals surface area contributed by atoms with Crippen LogP contribution in [0.15, 0.2) is 46.9 Å². The maximum absolute atomic E-state index is 12.3. The molecule has 7 nitrogen and oxygen atoms in total. The number of benzene rings is 2. The maximum atomic E-state index is 12.3. The molecule has 0 atom stereocenters. The van der Waals surface area contributed by atoms with Crippen LogP contribution in [-0.2, 0) is 4.79 Å². The second-order valence-electron chi connectivity index (χ2n) is 6.06. The van der Waals surface area contributed by atoms with Gasteiger partial charge in [0.25, 0.3) is 11.8 Å². The second kappa shape index (κ2) is 11.4. The van der Waals surface area contributed by atoms with Gasteiger partial charge in [0.1, 0.15) is 11.5 Å². The van der Waals surface area contributed by atoms with Crippen LogP contribution in [-0.4, -0.2) is 30.1 Å². The topological polar surface area (TPSA) is 88.7 Å². The molecule has 0 spiro atoms. The van der Waals surface area contributed by atoms with Crippen LogP contribution in [0, 0.1) is 6.92 Å². The first kappa shape index (κ1) is 22.6. The fraction of sp³-hybridized carbons (Fsp3) is 0.250. The molecular formula is C20H22BrN3O4S. The lowest BCUT2D eigenvalue weighted by atomic mass is 10.2. The summed E-state index contributed by atoms with van der Waals surface area (Å²) in [5, 5.41) is 2.45. The Hall–Kier alpha value is -2.65. The van der Waals surface area contributed by atoms with Crippen LogP contribution >= 0.6 is 28.1 Å². The van der Waals surface area contributed by atoms with E-state index in [1.54, 1.807) is 24.3 Å². The second-order valence-corrected chi connectivity index (χ2v) is 7.32.